The fourth-order valence-corrected chi connectivity index (χ4v) is 5.86. The zero-order chi connectivity index (χ0) is 37.5. The lowest BCUT2D eigenvalue weighted by atomic mass is 9.99. The molecule has 1 saturated heterocycles. The lowest BCUT2D eigenvalue weighted by Crippen LogP contribution is -2.58. The Hall–Kier alpha value is -5.19. The fraction of sp³-hybridized carbons (Fsp3) is 0.559. The number of rotatable bonds is 15. The number of benzene rings is 1. The molecule has 0 spiro atoms. The van der Waals surface area contributed by atoms with Crippen LogP contribution >= 0.6 is 0 Å². The van der Waals surface area contributed by atoms with Crippen LogP contribution in [0.2, 0.25) is 0 Å². The summed E-state index contributed by atoms with van der Waals surface area (Å²) in [5.74, 6) is -4.91. The molecule has 2 aromatic rings. The number of nitrogens with one attached hydrogen (secondary N) is 6. The van der Waals surface area contributed by atoms with Crippen molar-refractivity contribution in [3.8, 4) is 0 Å². The summed E-state index contributed by atoms with van der Waals surface area (Å²) in [6, 6.07) is 1.42. The van der Waals surface area contributed by atoms with Crippen molar-refractivity contribution in [2.45, 2.75) is 102 Å². The van der Waals surface area contributed by atoms with Gasteiger partial charge in [-0.3, -0.25) is 33.8 Å². The Bertz CT molecular complexity index is 1550. The highest BCUT2D eigenvalue weighted by atomic mass is 16.4. The minimum atomic E-state index is -1.37. The largest absolute Gasteiger partial charge is 0.481 e. The van der Waals surface area contributed by atoms with Crippen LogP contribution in [0.25, 0.3) is 10.9 Å². The molecule has 280 valence electrons. The molecule has 0 radical (unpaired) electrons. The molecule has 0 saturated carbocycles. The van der Waals surface area contributed by atoms with Gasteiger partial charge in [-0.1, -0.05) is 32.0 Å². The lowest BCUT2D eigenvalue weighted by molar-refractivity contribution is -0.138. The highest BCUT2D eigenvalue weighted by molar-refractivity contribution is 5.98. The van der Waals surface area contributed by atoms with Crippen LogP contribution in [0.15, 0.2) is 35.5 Å². The molecule has 5 amide bonds. The number of hydrogen-bond acceptors (Lipinski definition) is 8. The van der Waals surface area contributed by atoms with Gasteiger partial charge in [-0.25, -0.2) is 0 Å². The van der Waals surface area contributed by atoms with E-state index in [9.17, 15) is 33.9 Å². The van der Waals surface area contributed by atoms with Crippen molar-refractivity contribution in [3.63, 3.8) is 0 Å². The van der Waals surface area contributed by atoms with Crippen LogP contribution in [-0.2, 0) is 35.2 Å². The standard InChI is InChI=1S/C34H52N10O7/c1-19(2)16-26-32(50)41-24(11-7-15-38-34(36)37)30(48)40-23(10-5-6-14-35)29(47)42-25(12-13-28(45)46)31(49)44-27(33(51)43-26)17-20-18-39-22-9-4-3-8-21(20)22/h3-4,8-9,18-19,23-27,39H,5-7,10-17,35H2,1-2H3,(H,40,48)(H,41,50)(H,42,47)(H,43,51)(H,44,49)(H,45,46)(H4,36,37,38)/t23-,24-,25-,26-,27-/m0/s1. The number of H-pyrrole nitrogens is 1. The van der Waals surface area contributed by atoms with Gasteiger partial charge in [0.1, 0.15) is 30.2 Å². The predicted molar refractivity (Wildman–Crippen MR) is 191 cm³/mol. The third-order valence-corrected chi connectivity index (χ3v) is 8.51. The number of carboxylic acid groups (broad SMARTS) is 1. The number of aromatic nitrogens is 1. The van der Waals surface area contributed by atoms with Gasteiger partial charge in [-0.05, 0) is 69.0 Å². The molecule has 1 fully saturated rings. The fourth-order valence-electron chi connectivity index (χ4n) is 5.86. The molecule has 0 bridgehead atoms. The number of fused-ring (bicyclic) bond motifs is 1. The van der Waals surface area contributed by atoms with Gasteiger partial charge >= 0.3 is 5.97 Å². The number of para-hydroxylation sites is 1. The Morgan fingerprint density at radius 2 is 1.29 bits per heavy atom. The average molecular weight is 713 g/mol. The van der Waals surface area contributed by atoms with E-state index in [4.69, 9.17) is 17.2 Å². The van der Waals surface area contributed by atoms with Crippen LogP contribution in [0, 0.1) is 5.92 Å². The molecule has 0 unspecified atom stereocenters. The zero-order valence-electron chi connectivity index (χ0n) is 29.2. The Morgan fingerprint density at radius 3 is 1.88 bits per heavy atom. The Labute approximate surface area is 296 Å². The van der Waals surface area contributed by atoms with Crippen molar-refractivity contribution in [2.24, 2.45) is 28.1 Å². The zero-order valence-corrected chi connectivity index (χ0v) is 29.2. The summed E-state index contributed by atoms with van der Waals surface area (Å²) in [6.07, 6.45) is 2.71. The summed E-state index contributed by atoms with van der Waals surface area (Å²) in [6.45, 7) is 4.25. The number of carbonyl (C=O) groups excluding carboxylic acids is 5. The van der Waals surface area contributed by atoms with E-state index in [2.05, 4.69) is 36.6 Å². The van der Waals surface area contributed by atoms with Crippen LogP contribution in [0.4, 0.5) is 0 Å². The number of carboxylic acids is 1. The van der Waals surface area contributed by atoms with Gasteiger partial charge in [0.05, 0.1) is 0 Å². The van der Waals surface area contributed by atoms with E-state index >= 15 is 0 Å². The second kappa shape index (κ2) is 19.9. The molecule has 5 atom stereocenters. The third kappa shape index (κ3) is 12.9. The number of unbranched alkanes of at least 4 members (excludes halogenated alkanes) is 1. The number of aliphatic carboxylic acids is 1. The van der Waals surface area contributed by atoms with E-state index in [0.717, 1.165) is 10.9 Å². The summed E-state index contributed by atoms with van der Waals surface area (Å²) in [5.41, 5.74) is 18.1. The molecule has 1 aromatic carbocycles. The van der Waals surface area contributed by atoms with E-state index in [1.54, 1.807) is 6.20 Å². The molecule has 17 heteroatoms. The second-order valence-electron chi connectivity index (χ2n) is 13.2. The maximum absolute atomic E-state index is 14.0. The molecular weight excluding hydrogens is 660 g/mol. The van der Waals surface area contributed by atoms with E-state index in [0.29, 0.717) is 31.4 Å². The maximum atomic E-state index is 14.0. The van der Waals surface area contributed by atoms with Crippen LogP contribution in [0.1, 0.15) is 70.8 Å². The van der Waals surface area contributed by atoms with Crippen molar-refractivity contribution < 1.29 is 33.9 Å². The summed E-state index contributed by atoms with van der Waals surface area (Å²) in [4.78, 5) is 87.8. The van der Waals surface area contributed by atoms with Gasteiger partial charge in [-0.2, -0.15) is 0 Å². The first-order valence-electron chi connectivity index (χ1n) is 17.3. The van der Waals surface area contributed by atoms with Crippen molar-refractivity contribution in [1.29, 1.82) is 0 Å². The van der Waals surface area contributed by atoms with Gasteiger partial charge in [0.25, 0.3) is 0 Å². The first kappa shape index (κ1) is 40.2. The number of nitrogens with zero attached hydrogens (tertiary/aromatic N) is 1. The van der Waals surface area contributed by atoms with Crippen molar-refractivity contribution in [3.05, 3.63) is 36.0 Å². The first-order chi connectivity index (χ1) is 24.3. The van der Waals surface area contributed by atoms with Gasteiger partial charge in [0.2, 0.25) is 29.5 Å². The average Bonchev–Trinajstić information content (AvgIpc) is 3.48. The molecule has 3 rings (SSSR count). The third-order valence-electron chi connectivity index (χ3n) is 8.51. The molecular formula is C34H52N10O7. The minimum absolute atomic E-state index is 0.00632. The van der Waals surface area contributed by atoms with E-state index < -0.39 is 72.1 Å². The number of hydrogen-bond donors (Lipinski definition) is 10. The Balaban J connectivity index is 2.07. The summed E-state index contributed by atoms with van der Waals surface area (Å²) in [7, 11) is 0. The van der Waals surface area contributed by atoms with Crippen LogP contribution in [-0.4, -0.2) is 94.9 Å². The number of amides is 5. The SMILES string of the molecule is CC(C)C[C@@H]1NC(=O)[C@H](Cc2c[nH]c3ccccc23)NC(=O)[C@H](CCC(=O)O)NC(=O)[C@H](CCCCN)NC(=O)[C@H](CCCN=C(N)N)NC1=O. The van der Waals surface area contributed by atoms with Crippen LogP contribution < -0.4 is 43.8 Å². The van der Waals surface area contributed by atoms with E-state index in [-0.39, 0.29) is 50.5 Å². The van der Waals surface area contributed by atoms with E-state index in [1.165, 1.54) is 0 Å². The lowest BCUT2D eigenvalue weighted by Gasteiger charge is -2.26. The van der Waals surface area contributed by atoms with Crippen molar-refractivity contribution in [2.75, 3.05) is 13.1 Å². The van der Waals surface area contributed by atoms with Gasteiger partial charge in [0.15, 0.2) is 5.96 Å². The molecule has 2 heterocycles. The number of guanidine groups is 1. The second-order valence-corrected chi connectivity index (χ2v) is 13.2. The summed E-state index contributed by atoms with van der Waals surface area (Å²) in [5, 5.41) is 23.8. The molecule has 13 N–H and O–H groups in total. The quantitative estimate of drug-likeness (QED) is 0.0626. The van der Waals surface area contributed by atoms with Crippen LogP contribution in [0.3, 0.4) is 0 Å². The summed E-state index contributed by atoms with van der Waals surface area (Å²) >= 11 is 0. The Kier molecular flexibility index (Phi) is 15.7. The number of aliphatic imine (C=N–C) groups is 1. The Morgan fingerprint density at radius 1 is 0.765 bits per heavy atom. The number of carbonyl (C=O) groups is 6. The molecule has 1 aromatic heterocycles. The van der Waals surface area contributed by atoms with Gasteiger partial charge in [-0.15, -0.1) is 0 Å². The highest BCUT2D eigenvalue weighted by Crippen LogP contribution is 2.20. The number of aromatic amines is 1. The van der Waals surface area contributed by atoms with Gasteiger partial charge < -0.3 is 53.9 Å². The highest BCUT2D eigenvalue weighted by Gasteiger charge is 2.35. The monoisotopic (exact) mass is 712 g/mol. The summed E-state index contributed by atoms with van der Waals surface area (Å²) < 4.78 is 0. The van der Waals surface area contributed by atoms with Crippen LogP contribution in [0.5, 0.6) is 0 Å². The molecule has 1 aliphatic heterocycles. The molecule has 51 heavy (non-hydrogen) atoms. The van der Waals surface area contributed by atoms with Crippen molar-refractivity contribution in [1.82, 2.24) is 31.6 Å². The first-order valence-corrected chi connectivity index (χ1v) is 17.3. The van der Waals surface area contributed by atoms with Gasteiger partial charge in [0, 0.05) is 36.5 Å². The molecule has 0 aliphatic carbocycles. The molecule has 17 nitrogen and oxygen atoms in total. The van der Waals surface area contributed by atoms with E-state index in [1.807, 2.05) is 38.1 Å². The maximum Gasteiger partial charge on any atom is 0.303 e. The smallest absolute Gasteiger partial charge is 0.303 e. The predicted octanol–water partition coefficient (Wildman–Crippen LogP) is -0.758. The molecule has 1 aliphatic rings. The minimum Gasteiger partial charge on any atom is -0.481 e. The number of nitrogens with two attached hydrogens (primary N) is 3. The normalized spacial score (nSPS) is 22.2. The van der Waals surface area contributed by atoms with Crippen molar-refractivity contribution >= 4 is 52.4 Å². The topological polar surface area (TPSA) is 289 Å².